The van der Waals surface area contributed by atoms with Gasteiger partial charge in [0, 0.05) is 12.1 Å². The molecule has 0 unspecified atom stereocenters. The third-order valence-electron chi connectivity index (χ3n) is 4.11. The molecule has 142 valence electrons. The first-order valence-corrected chi connectivity index (χ1v) is 8.59. The molecule has 0 fully saturated rings. The second-order valence-electron chi connectivity index (χ2n) is 6.12. The molecule has 0 atom stereocenters. The smallest absolute Gasteiger partial charge is 0.336 e. The third-order valence-corrected chi connectivity index (χ3v) is 4.11. The summed E-state index contributed by atoms with van der Waals surface area (Å²) in [7, 11) is 0. The molecule has 2 aromatic heterocycles. The zero-order valence-electron chi connectivity index (χ0n) is 14.7. The molecule has 0 radical (unpaired) electrons. The highest BCUT2D eigenvalue weighted by Crippen LogP contribution is 2.25. The van der Waals surface area contributed by atoms with Gasteiger partial charge in [-0.25, -0.2) is 9.59 Å². The molecule has 0 bridgehead atoms. The van der Waals surface area contributed by atoms with Gasteiger partial charge in [0.25, 0.3) is 0 Å². The van der Waals surface area contributed by atoms with E-state index in [1.807, 2.05) is 0 Å². The molecule has 2 aromatic carbocycles. The average Bonchev–Trinajstić information content (AvgIpc) is 2.70. The molecule has 4 aromatic rings. The van der Waals surface area contributed by atoms with Crippen molar-refractivity contribution < 1.29 is 23.4 Å². The zero-order valence-corrected chi connectivity index (χ0v) is 14.7. The molecule has 0 aliphatic rings. The van der Waals surface area contributed by atoms with E-state index >= 15 is 0 Å². The zero-order chi connectivity index (χ0) is 19.5. The summed E-state index contributed by atoms with van der Waals surface area (Å²) in [5, 5.41) is 11.5. The molecule has 28 heavy (non-hydrogen) atoms. The minimum atomic E-state index is -0.906. The Bertz CT molecular complexity index is 1140. The van der Waals surface area contributed by atoms with Crippen LogP contribution >= 0.6 is 0 Å². The van der Waals surface area contributed by atoms with E-state index in [9.17, 15) is 14.7 Å². The Kier molecular flexibility index (Phi) is 4.82. The summed E-state index contributed by atoms with van der Waals surface area (Å²) in [6.45, 7) is -0.0316. The molecule has 0 spiro atoms. The Morgan fingerprint density at radius 2 is 1.18 bits per heavy atom. The van der Waals surface area contributed by atoms with Gasteiger partial charge in [-0.1, -0.05) is 12.1 Å². The number of aliphatic hydroxyl groups is 1. The van der Waals surface area contributed by atoms with E-state index in [1.54, 1.807) is 48.5 Å². The molecule has 0 aliphatic carbocycles. The maximum atomic E-state index is 11.3. The second kappa shape index (κ2) is 7.58. The molecular weight excluding hydrogens is 364 g/mol. The van der Waals surface area contributed by atoms with Crippen molar-refractivity contribution in [3.05, 3.63) is 81.5 Å². The highest BCUT2D eigenvalue weighted by Gasteiger charge is 2.11. The first-order chi connectivity index (χ1) is 13.6. The van der Waals surface area contributed by atoms with Crippen molar-refractivity contribution >= 4 is 21.9 Å². The van der Waals surface area contributed by atoms with Gasteiger partial charge in [-0.15, -0.1) is 0 Å². The number of ether oxygens (including phenoxy) is 2. The summed E-state index contributed by atoms with van der Waals surface area (Å²) in [6, 6.07) is 16.0. The maximum Gasteiger partial charge on any atom is 0.336 e. The summed E-state index contributed by atoms with van der Waals surface area (Å²) in [4.78, 5) is 22.6. The summed E-state index contributed by atoms with van der Waals surface area (Å²) in [6.07, 6.45) is -0.906. The highest BCUT2D eigenvalue weighted by atomic mass is 16.5. The van der Waals surface area contributed by atoms with Gasteiger partial charge in [0.2, 0.25) is 0 Å². The van der Waals surface area contributed by atoms with Crippen molar-refractivity contribution in [3.63, 3.8) is 0 Å². The molecule has 4 rings (SSSR count). The molecule has 2 heterocycles. The summed E-state index contributed by atoms with van der Waals surface area (Å²) in [5.74, 6) is 0.986. The SMILES string of the molecule is O=c1ccc2c(OCC(O)COc3cccc4oc(=O)ccc34)cccc2o1. The van der Waals surface area contributed by atoms with Crippen LogP contribution in [-0.4, -0.2) is 24.4 Å². The lowest BCUT2D eigenvalue weighted by Crippen LogP contribution is -2.25. The van der Waals surface area contributed by atoms with Crippen molar-refractivity contribution in [2.45, 2.75) is 6.10 Å². The summed E-state index contributed by atoms with van der Waals surface area (Å²) in [5.41, 5.74) is -0.0611. The van der Waals surface area contributed by atoms with Gasteiger partial charge in [-0.2, -0.15) is 0 Å². The van der Waals surface area contributed by atoms with E-state index in [0.717, 1.165) is 0 Å². The van der Waals surface area contributed by atoms with Crippen molar-refractivity contribution in [2.24, 2.45) is 0 Å². The molecule has 0 aliphatic heterocycles. The quantitative estimate of drug-likeness (QED) is 0.514. The number of aliphatic hydroxyl groups excluding tert-OH is 1. The first-order valence-electron chi connectivity index (χ1n) is 8.59. The van der Waals surface area contributed by atoms with Crippen LogP contribution in [0.2, 0.25) is 0 Å². The third kappa shape index (κ3) is 3.74. The lowest BCUT2D eigenvalue weighted by molar-refractivity contribution is 0.0637. The molecule has 7 nitrogen and oxygen atoms in total. The normalized spacial score (nSPS) is 11.2. The van der Waals surface area contributed by atoms with Gasteiger partial charge in [-0.05, 0) is 36.4 Å². The van der Waals surface area contributed by atoms with E-state index in [0.29, 0.717) is 33.4 Å². The topological polar surface area (TPSA) is 99.1 Å². The molecule has 0 saturated carbocycles. The van der Waals surface area contributed by atoms with Crippen molar-refractivity contribution in [1.29, 1.82) is 0 Å². The number of benzene rings is 2. The van der Waals surface area contributed by atoms with E-state index in [-0.39, 0.29) is 13.2 Å². The highest BCUT2D eigenvalue weighted by molar-refractivity contribution is 5.83. The Balaban J connectivity index is 1.43. The van der Waals surface area contributed by atoms with E-state index in [4.69, 9.17) is 18.3 Å². The largest absolute Gasteiger partial charge is 0.490 e. The van der Waals surface area contributed by atoms with Crippen LogP contribution in [-0.2, 0) is 0 Å². The van der Waals surface area contributed by atoms with E-state index in [2.05, 4.69) is 0 Å². The van der Waals surface area contributed by atoms with Crippen molar-refractivity contribution in [3.8, 4) is 11.5 Å². The minimum Gasteiger partial charge on any atom is -0.490 e. The Morgan fingerprint density at radius 1 is 0.714 bits per heavy atom. The Morgan fingerprint density at radius 3 is 1.64 bits per heavy atom. The van der Waals surface area contributed by atoms with Gasteiger partial charge < -0.3 is 23.4 Å². The number of fused-ring (bicyclic) bond motifs is 2. The van der Waals surface area contributed by atoms with Crippen molar-refractivity contribution in [1.82, 2.24) is 0 Å². The molecular formula is C21H16O7. The Labute approximate surface area is 158 Å². The first kappa shape index (κ1) is 17.8. The summed E-state index contributed by atoms with van der Waals surface area (Å²) < 4.78 is 21.5. The van der Waals surface area contributed by atoms with Gasteiger partial charge >= 0.3 is 11.3 Å². The molecule has 7 heteroatoms. The predicted octanol–water partition coefficient (Wildman–Crippen LogP) is 2.72. The molecule has 1 N–H and O–H groups in total. The van der Waals surface area contributed by atoms with Gasteiger partial charge in [0.15, 0.2) is 0 Å². The van der Waals surface area contributed by atoms with Crippen LogP contribution in [0.4, 0.5) is 0 Å². The van der Waals surface area contributed by atoms with Crippen LogP contribution in [0.1, 0.15) is 0 Å². The van der Waals surface area contributed by atoms with Gasteiger partial charge in [-0.3, -0.25) is 0 Å². The van der Waals surface area contributed by atoms with Crippen molar-refractivity contribution in [2.75, 3.05) is 13.2 Å². The molecule has 0 saturated heterocycles. The predicted molar refractivity (Wildman–Crippen MR) is 102 cm³/mol. The van der Waals surface area contributed by atoms with Crippen LogP contribution in [0.15, 0.2) is 79.1 Å². The number of hydrogen-bond donors (Lipinski definition) is 1. The van der Waals surface area contributed by atoms with Crippen LogP contribution in [0.3, 0.4) is 0 Å². The van der Waals surface area contributed by atoms with E-state index < -0.39 is 17.4 Å². The monoisotopic (exact) mass is 380 g/mol. The fourth-order valence-corrected chi connectivity index (χ4v) is 2.81. The standard InChI is InChI=1S/C21H16O7/c22-13(11-25-16-3-1-5-18-14(16)7-9-20(23)27-18)12-26-17-4-2-6-19-15(17)8-10-21(24)28-19/h1-10,13,22H,11-12H2. The van der Waals surface area contributed by atoms with Gasteiger partial charge in [0.05, 0.1) is 10.8 Å². The van der Waals surface area contributed by atoms with Crippen LogP contribution in [0, 0.1) is 0 Å². The molecule has 0 amide bonds. The van der Waals surface area contributed by atoms with Gasteiger partial charge in [0.1, 0.15) is 42.0 Å². The lowest BCUT2D eigenvalue weighted by atomic mass is 10.2. The fraction of sp³-hybridized carbons (Fsp3) is 0.143. The summed E-state index contributed by atoms with van der Waals surface area (Å²) >= 11 is 0. The second-order valence-corrected chi connectivity index (χ2v) is 6.12. The maximum absolute atomic E-state index is 11.3. The van der Waals surface area contributed by atoms with E-state index in [1.165, 1.54) is 12.1 Å². The number of hydrogen-bond acceptors (Lipinski definition) is 7. The lowest BCUT2D eigenvalue weighted by Gasteiger charge is -2.15. The fourth-order valence-electron chi connectivity index (χ4n) is 2.81. The Hall–Kier alpha value is -3.58. The van der Waals surface area contributed by atoms with Crippen LogP contribution < -0.4 is 20.7 Å². The van der Waals surface area contributed by atoms with Crippen LogP contribution in [0.5, 0.6) is 11.5 Å². The van der Waals surface area contributed by atoms with Crippen LogP contribution in [0.25, 0.3) is 21.9 Å². The average molecular weight is 380 g/mol. The minimum absolute atomic E-state index is 0.0158. The number of rotatable bonds is 6.